The maximum atomic E-state index is 12.9. The molecule has 1 aliphatic heterocycles. The third-order valence-electron chi connectivity index (χ3n) is 3.93. The number of aromatic nitrogens is 4. The number of piperidine rings is 1. The van der Waals surface area contributed by atoms with Gasteiger partial charge >= 0.3 is 0 Å². The highest BCUT2D eigenvalue weighted by atomic mass is 32.2. The van der Waals surface area contributed by atoms with E-state index >= 15 is 0 Å². The molecule has 2 aromatic heterocycles. The molecule has 9 heteroatoms. The summed E-state index contributed by atoms with van der Waals surface area (Å²) in [4.78, 5) is 22.6. The molecule has 8 nitrogen and oxygen atoms in total. The van der Waals surface area contributed by atoms with Crippen LogP contribution in [-0.2, 0) is 17.1 Å². The highest BCUT2D eigenvalue weighted by Crippen LogP contribution is 2.33. The van der Waals surface area contributed by atoms with Crippen LogP contribution in [0.15, 0.2) is 28.4 Å². The summed E-state index contributed by atoms with van der Waals surface area (Å²) in [6.07, 6.45) is 5.26. The molecule has 0 bridgehead atoms. The van der Waals surface area contributed by atoms with Gasteiger partial charge in [0.2, 0.25) is 0 Å². The number of H-pyrrole nitrogens is 1. The molecule has 0 radical (unpaired) electrons. The molecule has 1 saturated heterocycles. The first-order valence-corrected chi connectivity index (χ1v) is 8.89. The van der Waals surface area contributed by atoms with Gasteiger partial charge in [0, 0.05) is 25.9 Å². The molecule has 0 spiro atoms. The van der Waals surface area contributed by atoms with Crippen LogP contribution >= 0.6 is 0 Å². The predicted octanol–water partition coefficient (Wildman–Crippen LogP) is 0.728. The molecule has 1 atom stereocenters. The van der Waals surface area contributed by atoms with Crippen LogP contribution in [0.4, 0.5) is 0 Å². The van der Waals surface area contributed by atoms with Crippen molar-refractivity contribution in [3.05, 3.63) is 40.5 Å². The summed E-state index contributed by atoms with van der Waals surface area (Å²) in [5.41, 5.74) is 0.221. The fourth-order valence-electron chi connectivity index (χ4n) is 2.90. The Labute approximate surface area is 134 Å². The Hall–Kier alpha value is -2.00. The van der Waals surface area contributed by atoms with Gasteiger partial charge in [0.25, 0.3) is 15.6 Å². The van der Waals surface area contributed by atoms with Crippen LogP contribution in [-0.4, -0.2) is 38.8 Å². The SMILES string of the molecule is Cc1nc([C@@H]2CCCCN2S(=O)(=O)c2cn(C)cn2)cc(=O)[nH]1. The predicted molar refractivity (Wildman–Crippen MR) is 83.3 cm³/mol. The topological polar surface area (TPSA) is 101 Å². The number of imidazole rings is 1. The van der Waals surface area contributed by atoms with E-state index in [1.54, 1.807) is 18.5 Å². The van der Waals surface area contributed by atoms with Crippen LogP contribution in [0.3, 0.4) is 0 Å². The Morgan fingerprint density at radius 3 is 2.78 bits per heavy atom. The Balaban J connectivity index is 2.03. The Morgan fingerprint density at radius 1 is 1.35 bits per heavy atom. The Morgan fingerprint density at radius 2 is 2.13 bits per heavy atom. The lowest BCUT2D eigenvalue weighted by molar-refractivity contribution is 0.250. The van der Waals surface area contributed by atoms with E-state index in [1.807, 2.05) is 0 Å². The van der Waals surface area contributed by atoms with Crippen molar-refractivity contribution in [2.45, 2.75) is 37.3 Å². The standard InChI is InChI=1S/C14H19N5O3S/c1-10-16-11(7-13(20)17-10)12-5-3-4-6-19(12)23(21,22)14-8-18(2)9-15-14/h7-9,12H,3-6H2,1-2H3,(H,16,17,20)/t12-/m0/s1. The van der Waals surface area contributed by atoms with Crippen LogP contribution in [0.5, 0.6) is 0 Å². The zero-order valence-corrected chi connectivity index (χ0v) is 13.9. The van der Waals surface area contributed by atoms with Crippen LogP contribution < -0.4 is 5.56 Å². The van der Waals surface area contributed by atoms with E-state index in [0.717, 1.165) is 12.8 Å². The summed E-state index contributed by atoms with van der Waals surface area (Å²) < 4.78 is 28.8. The van der Waals surface area contributed by atoms with Crippen LogP contribution in [0, 0.1) is 6.92 Å². The van der Waals surface area contributed by atoms with Crippen LogP contribution in [0.2, 0.25) is 0 Å². The highest BCUT2D eigenvalue weighted by Gasteiger charge is 2.36. The number of hydrogen-bond donors (Lipinski definition) is 1. The van der Waals surface area contributed by atoms with E-state index in [4.69, 9.17) is 0 Å². The quantitative estimate of drug-likeness (QED) is 0.890. The first-order valence-electron chi connectivity index (χ1n) is 7.45. The van der Waals surface area contributed by atoms with Gasteiger partial charge in [0.1, 0.15) is 5.82 Å². The number of nitrogens with one attached hydrogen (secondary N) is 1. The lowest BCUT2D eigenvalue weighted by Gasteiger charge is -2.33. The van der Waals surface area contributed by atoms with Gasteiger partial charge in [-0.25, -0.2) is 18.4 Å². The molecule has 3 heterocycles. The summed E-state index contributed by atoms with van der Waals surface area (Å²) in [5, 5.41) is 0.0217. The molecule has 1 N–H and O–H groups in total. The smallest absolute Gasteiger partial charge is 0.262 e. The van der Waals surface area contributed by atoms with E-state index in [9.17, 15) is 13.2 Å². The van der Waals surface area contributed by atoms with Crippen molar-refractivity contribution in [1.82, 2.24) is 23.8 Å². The minimum atomic E-state index is -3.72. The molecule has 2 aromatic rings. The van der Waals surface area contributed by atoms with Gasteiger partial charge in [0.05, 0.1) is 18.1 Å². The minimum Gasteiger partial charge on any atom is -0.339 e. The Bertz CT molecular complexity index is 871. The highest BCUT2D eigenvalue weighted by molar-refractivity contribution is 7.89. The summed E-state index contributed by atoms with van der Waals surface area (Å²) in [5.74, 6) is 0.480. The zero-order chi connectivity index (χ0) is 16.6. The Kier molecular flexibility index (Phi) is 4.07. The van der Waals surface area contributed by atoms with Crippen molar-refractivity contribution in [3.8, 4) is 0 Å². The number of hydrogen-bond acceptors (Lipinski definition) is 5. The molecular formula is C14H19N5O3S. The lowest BCUT2D eigenvalue weighted by atomic mass is 10.0. The molecule has 124 valence electrons. The van der Waals surface area contributed by atoms with Crippen molar-refractivity contribution in [2.24, 2.45) is 7.05 Å². The number of aryl methyl sites for hydroxylation is 2. The summed E-state index contributed by atoms with van der Waals surface area (Å²) in [6.45, 7) is 2.09. The molecule has 0 amide bonds. The average Bonchev–Trinajstić information content (AvgIpc) is 2.94. The van der Waals surface area contributed by atoms with Gasteiger partial charge in [-0.15, -0.1) is 0 Å². The number of rotatable bonds is 3. The van der Waals surface area contributed by atoms with Crippen LogP contribution in [0.1, 0.15) is 36.8 Å². The fourth-order valence-corrected chi connectivity index (χ4v) is 4.54. The molecule has 1 fully saturated rings. The molecule has 0 aromatic carbocycles. The van der Waals surface area contributed by atoms with Gasteiger partial charge in [0.15, 0.2) is 5.03 Å². The first kappa shape index (κ1) is 15.9. The molecule has 0 aliphatic carbocycles. The monoisotopic (exact) mass is 337 g/mol. The van der Waals surface area contributed by atoms with E-state index in [2.05, 4.69) is 15.0 Å². The zero-order valence-electron chi connectivity index (χ0n) is 13.1. The van der Waals surface area contributed by atoms with E-state index in [1.165, 1.54) is 22.9 Å². The summed E-state index contributed by atoms with van der Waals surface area (Å²) in [6, 6.07) is 0.945. The van der Waals surface area contributed by atoms with E-state index in [0.29, 0.717) is 24.5 Å². The van der Waals surface area contributed by atoms with Crippen molar-refractivity contribution >= 4 is 10.0 Å². The number of nitrogens with zero attached hydrogens (tertiary/aromatic N) is 4. The molecule has 0 unspecified atom stereocenters. The third kappa shape index (κ3) is 3.06. The summed E-state index contributed by atoms with van der Waals surface area (Å²) >= 11 is 0. The molecule has 3 rings (SSSR count). The van der Waals surface area contributed by atoms with E-state index < -0.39 is 16.1 Å². The fraction of sp³-hybridized carbons (Fsp3) is 0.500. The minimum absolute atomic E-state index is 0.0217. The van der Waals surface area contributed by atoms with Crippen molar-refractivity contribution in [1.29, 1.82) is 0 Å². The van der Waals surface area contributed by atoms with Gasteiger partial charge in [-0.2, -0.15) is 4.31 Å². The average molecular weight is 337 g/mol. The van der Waals surface area contributed by atoms with Crippen LogP contribution in [0.25, 0.3) is 0 Å². The van der Waals surface area contributed by atoms with Gasteiger partial charge in [-0.3, -0.25) is 4.79 Å². The molecular weight excluding hydrogens is 318 g/mol. The second kappa shape index (κ2) is 5.89. The van der Waals surface area contributed by atoms with Gasteiger partial charge < -0.3 is 9.55 Å². The second-order valence-corrected chi connectivity index (χ2v) is 7.60. The summed E-state index contributed by atoms with van der Waals surface area (Å²) in [7, 11) is -1.99. The van der Waals surface area contributed by atoms with Crippen molar-refractivity contribution < 1.29 is 8.42 Å². The maximum absolute atomic E-state index is 12.9. The maximum Gasteiger partial charge on any atom is 0.262 e. The van der Waals surface area contributed by atoms with Gasteiger partial charge in [-0.1, -0.05) is 6.42 Å². The number of sulfonamides is 1. The molecule has 1 aliphatic rings. The normalized spacial score (nSPS) is 19.8. The largest absolute Gasteiger partial charge is 0.339 e. The van der Waals surface area contributed by atoms with Gasteiger partial charge in [-0.05, 0) is 19.8 Å². The van der Waals surface area contributed by atoms with E-state index in [-0.39, 0.29) is 10.6 Å². The van der Waals surface area contributed by atoms with Crippen molar-refractivity contribution in [2.75, 3.05) is 6.54 Å². The second-order valence-electron chi connectivity index (χ2n) is 5.76. The first-order chi connectivity index (χ1) is 10.9. The molecule has 0 saturated carbocycles. The third-order valence-corrected chi connectivity index (χ3v) is 5.72. The lowest BCUT2D eigenvalue weighted by Crippen LogP contribution is -2.39. The number of aromatic amines is 1. The van der Waals surface area contributed by atoms with Crippen molar-refractivity contribution in [3.63, 3.8) is 0 Å². The molecule has 23 heavy (non-hydrogen) atoms.